The first kappa shape index (κ1) is 28.0. The molecule has 5 rings (SSSR count). The molecule has 0 fully saturated rings. The quantitative estimate of drug-likeness (QED) is 0.282. The van der Waals surface area contributed by atoms with Crippen molar-refractivity contribution >= 4 is 46.3 Å². The van der Waals surface area contributed by atoms with Gasteiger partial charge in [0.05, 0.1) is 18.4 Å². The number of ether oxygens (including phenoxy) is 1. The zero-order valence-electron chi connectivity index (χ0n) is 23.1. The van der Waals surface area contributed by atoms with Crippen LogP contribution in [0.5, 0.6) is 5.75 Å². The normalized spacial score (nSPS) is 13.2. The third-order valence-electron chi connectivity index (χ3n) is 6.87. The van der Waals surface area contributed by atoms with E-state index in [-0.39, 0.29) is 17.1 Å². The molecule has 0 aliphatic carbocycles. The number of likely N-dealkylation sites (N-methyl/N-ethyl adjacent to an activating group) is 1. The van der Waals surface area contributed by atoms with E-state index in [9.17, 15) is 14.4 Å². The lowest BCUT2D eigenvalue weighted by Gasteiger charge is -2.20. The monoisotopic (exact) mass is 560 g/mol. The molecule has 210 valence electrons. The number of aromatic carboxylic acids is 1. The van der Waals surface area contributed by atoms with Crippen molar-refractivity contribution in [3.8, 4) is 5.75 Å². The van der Waals surface area contributed by atoms with Crippen LogP contribution in [0.15, 0.2) is 107 Å². The molecule has 0 spiro atoms. The van der Waals surface area contributed by atoms with Crippen LogP contribution in [0, 0.1) is 0 Å². The number of fused-ring (bicyclic) bond motifs is 1. The molecule has 2 N–H and O–H groups in total. The van der Waals surface area contributed by atoms with Gasteiger partial charge in [-0.25, -0.2) is 14.8 Å². The first-order valence-corrected chi connectivity index (χ1v) is 13.2. The second-order valence-electron chi connectivity index (χ2n) is 9.64. The molecule has 0 radical (unpaired) electrons. The summed E-state index contributed by atoms with van der Waals surface area (Å²) >= 11 is 0. The van der Waals surface area contributed by atoms with Gasteiger partial charge in [0.25, 0.3) is 5.91 Å². The Labute approximate surface area is 242 Å². The highest BCUT2D eigenvalue weighted by atomic mass is 16.5. The largest absolute Gasteiger partial charge is 0.497 e. The van der Waals surface area contributed by atoms with Gasteiger partial charge in [0, 0.05) is 36.1 Å². The van der Waals surface area contributed by atoms with E-state index in [0.29, 0.717) is 22.5 Å². The van der Waals surface area contributed by atoms with Gasteiger partial charge in [-0.2, -0.15) is 0 Å². The van der Waals surface area contributed by atoms with Gasteiger partial charge in [0.15, 0.2) is 11.5 Å². The number of Topliss-reactive ketones (excluding diaryl/α,β-unsaturated/α-hetero) is 1. The van der Waals surface area contributed by atoms with Crippen LogP contribution in [0.4, 0.5) is 17.1 Å². The molecular formula is C33H28N4O5. The molecule has 1 amide bonds. The van der Waals surface area contributed by atoms with Crippen molar-refractivity contribution in [1.82, 2.24) is 0 Å². The molecule has 1 heterocycles. The third kappa shape index (κ3) is 6.26. The van der Waals surface area contributed by atoms with E-state index in [1.807, 2.05) is 43.4 Å². The van der Waals surface area contributed by atoms with Gasteiger partial charge in [0.1, 0.15) is 5.75 Å². The molecule has 0 saturated carbocycles. The summed E-state index contributed by atoms with van der Waals surface area (Å²) in [6.07, 6.45) is 0.874. The fraction of sp³-hybridized carbons (Fsp3) is 0.121. The fourth-order valence-corrected chi connectivity index (χ4v) is 4.47. The highest BCUT2D eigenvalue weighted by molar-refractivity contribution is 6.72. The van der Waals surface area contributed by atoms with Crippen LogP contribution in [-0.2, 0) is 11.2 Å². The maximum absolute atomic E-state index is 13.2. The van der Waals surface area contributed by atoms with Crippen LogP contribution in [0.3, 0.4) is 0 Å². The number of aliphatic imine (C=N–C) groups is 2. The maximum atomic E-state index is 13.2. The molecule has 4 aromatic carbocycles. The summed E-state index contributed by atoms with van der Waals surface area (Å²) in [6.45, 7) is 0.817. The summed E-state index contributed by atoms with van der Waals surface area (Å²) in [4.78, 5) is 48.5. The summed E-state index contributed by atoms with van der Waals surface area (Å²) in [5, 5.41) is 11.7. The topological polar surface area (TPSA) is 121 Å². The van der Waals surface area contributed by atoms with Gasteiger partial charge in [0.2, 0.25) is 5.78 Å². The molecule has 4 aromatic rings. The SMILES string of the molecule is COc1ccc(CCN(C)c2ccc(N=C3N=C(C(=O)Nc4ccc(C(=O)O)cc4)C(=O)c4ccccc43)cc2)cc1. The molecule has 0 bridgehead atoms. The number of nitrogens with zero attached hydrogens (tertiary/aromatic N) is 3. The highest BCUT2D eigenvalue weighted by Gasteiger charge is 2.30. The summed E-state index contributed by atoms with van der Waals surface area (Å²) < 4.78 is 5.22. The van der Waals surface area contributed by atoms with E-state index in [0.717, 1.165) is 24.4 Å². The molecule has 9 heteroatoms. The van der Waals surface area contributed by atoms with Crippen molar-refractivity contribution in [2.75, 3.05) is 30.9 Å². The van der Waals surface area contributed by atoms with Crippen molar-refractivity contribution in [2.24, 2.45) is 9.98 Å². The molecule has 42 heavy (non-hydrogen) atoms. The molecule has 0 atom stereocenters. The lowest BCUT2D eigenvalue weighted by atomic mass is 9.96. The third-order valence-corrected chi connectivity index (χ3v) is 6.87. The average molecular weight is 561 g/mol. The number of carbonyl (C=O) groups is 3. The van der Waals surface area contributed by atoms with Gasteiger partial charge in [-0.15, -0.1) is 0 Å². The zero-order valence-corrected chi connectivity index (χ0v) is 23.1. The van der Waals surface area contributed by atoms with Gasteiger partial charge in [-0.3, -0.25) is 9.59 Å². The van der Waals surface area contributed by atoms with Gasteiger partial charge in [-0.05, 0) is 72.6 Å². The number of amidine groups is 1. The van der Waals surface area contributed by atoms with E-state index in [2.05, 4.69) is 32.3 Å². The van der Waals surface area contributed by atoms with Crippen LogP contribution in [0.25, 0.3) is 0 Å². The standard InChI is InChI=1S/C33H28N4O5/c1-37(20-19-21-7-17-26(42-2)18-8-21)25-15-13-23(14-16-25)34-31-28-6-4-3-5-27(28)30(38)29(36-31)32(39)35-24-11-9-22(10-12-24)33(40)41/h3-18H,19-20H2,1-2H3,(H,35,39)(H,40,41). The summed E-state index contributed by atoms with van der Waals surface area (Å²) in [6, 6.07) is 28.2. The minimum Gasteiger partial charge on any atom is -0.497 e. The lowest BCUT2D eigenvalue weighted by molar-refractivity contribution is -0.110. The fourth-order valence-electron chi connectivity index (χ4n) is 4.47. The van der Waals surface area contributed by atoms with E-state index >= 15 is 0 Å². The Morgan fingerprint density at radius 2 is 1.57 bits per heavy atom. The summed E-state index contributed by atoms with van der Waals surface area (Å²) in [5.74, 6) is -1.22. The Kier molecular flexibility index (Phi) is 8.19. The van der Waals surface area contributed by atoms with Crippen molar-refractivity contribution in [3.63, 3.8) is 0 Å². The average Bonchev–Trinajstić information content (AvgIpc) is 3.02. The van der Waals surface area contributed by atoms with Crippen LogP contribution < -0.4 is 15.0 Å². The Balaban J connectivity index is 1.34. The Morgan fingerprint density at radius 1 is 0.905 bits per heavy atom. The smallest absolute Gasteiger partial charge is 0.335 e. The number of hydrogen-bond donors (Lipinski definition) is 2. The Hall–Kier alpha value is -5.57. The second-order valence-corrected chi connectivity index (χ2v) is 9.64. The molecule has 9 nitrogen and oxygen atoms in total. The van der Waals surface area contributed by atoms with E-state index < -0.39 is 17.7 Å². The number of hydrogen-bond acceptors (Lipinski definition) is 6. The van der Waals surface area contributed by atoms with Crippen molar-refractivity contribution in [2.45, 2.75) is 6.42 Å². The molecule has 0 unspecified atom stereocenters. The number of ketones is 1. The second kappa shape index (κ2) is 12.3. The van der Waals surface area contributed by atoms with Crippen LogP contribution in [0.1, 0.15) is 31.8 Å². The number of methoxy groups -OCH3 is 1. The maximum Gasteiger partial charge on any atom is 0.335 e. The Bertz CT molecular complexity index is 1690. The number of anilines is 2. The van der Waals surface area contributed by atoms with Crippen LogP contribution in [0.2, 0.25) is 0 Å². The summed E-state index contributed by atoms with van der Waals surface area (Å²) in [5.41, 5.74) is 3.83. The van der Waals surface area contributed by atoms with Crippen LogP contribution in [-0.4, -0.2) is 55.0 Å². The first-order valence-electron chi connectivity index (χ1n) is 13.2. The molecule has 1 aliphatic rings. The zero-order chi connectivity index (χ0) is 29.6. The molecule has 0 saturated heterocycles. The minimum absolute atomic E-state index is 0.0804. The lowest BCUT2D eigenvalue weighted by Crippen LogP contribution is -2.35. The van der Waals surface area contributed by atoms with E-state index in [4.69, 9.17) is 9.84 Å². The van der Waals surface area contributed by atoms with Gasteiger partial charge in [-0.1, -0.05) is 36.4 Å². The van der Waals surface area contributed by atoms with Crippen molar-refractivity contribution in [3.05, 3.63) is 119 Å². The number of carboxylic acid groups (broad SMARTS) is 1. The molecular weight excluding hydrogens is 532 g/mol. The van der Waals surface area contributed by atoms with Crippen molar-refractivity contribution < 1.29 is 24.2 Å². The number of carbonyl (C=O) groups excluding carboxylic acids is 2. The number of benzene rings is 4. The molecule has 0 aromatic heterocycles. The first-order chi connectivity index (χ1) is 20.3. The van der Waals surface area contributed by atoms with E-state index in [1.165, 1.54) is 29.8 Å². The predicted molar refractivity (Wildman–Crippen MR) is 163 cm³/mol. The van der Waals surface area contributed by atoms with E-state index in [1.54, 1.807) is 31.4 Å². The highest BCUT2D eigenvalue weighted by Crippen LogP contribution is 2.24. The van der Waals surface area contributed by atoms with Crippen LogP contribution >= 0.6 is 0 Å². The van der Waals surface area contributed by atoms with Crippen molar-refractivity contribution in [1.29, 1.82) is 0 Å². The predicted octanol–water partition coefficient (Wildman–Crippen LogP) is 5.43. The summed E-state index contributed by atoms with van der Waals surface area (Å²) in [7, 11) is 3.68. The Morgan fingerprint density at radius 3 is 2.21 bits per heavy atom. The van der Waals surface area contributed by atoms with Gasteiger partial charge >= 0.3 is 5.97 Å². The number of nitrogens with one attached hydrogen (secondary N) is 1. The van der Waals surface area contributed by atoms with Gasteiger partial charge < -0.3 is 20.1 Å². The minimum atomic E-state index is -1.08. The number of rotatable bonds is 9. The number of carboxylic acids is 1. The number of amides is 1. The molecule has 1 aliphatic heterocycles.